The van der Waals surface area contributed by atoms with Crippen LogP contribution in [0.3, 0.4) is 0 Å². The Hall–Kier alpha value is -1.39. The highest BCUT2D eigenvalue weighted by Gasteiger charge is 2.07. The Bertz CT molecular complexity index is 561. The third-order valence-corrected chi connectivity index (χ3v) is 3.46. The standard InChI is InChI=1S/C15H19ClFN3/c1-3-6-18-8-12-4-5-15(17)13(7-12)9-20-10-14(16)11(2)19-20/h4-5,7,10,18H,3,6,8-9H2,1-2H3. The first-order valence-electron chi connectivity index (χ1n) is 6.77. The van der Waals surface area contributed by atoms with E-state index < -0.39 is 0 Å². The van der Waals surface area contributed by atoms with Gasteiger partial charge in [0.1, 0.15) is 5.82 Å². The van der Waals surface area contributed by atoms with E-state index in [1.807, 2.05) is 19.1 Å². The van der Waals surface area contributed by atoms with Crippen molar-refractivity contribution in [3.8, 4) is 0 Å². The second-order valence-electron chi connectivity index (χ2n) is 4.86. The molecule has 0 spiro atoms. The quantitative estimate of drug-likeness (QED) is 0.826. The first kappa shape index (κ1) is 15.0. The Morgan fingerprint density at radius 3 is 2.85 bits per heavy atom. The maximum absolute atomic E-state index is 13.9. The van der Waals surface area contributed by atoms with Crippen molar-refractivity contribution in [2.24, 2.45) is 0 Å². The number of hydrogen-bond donors (Lipinski definition) is 1. The Morgan fingerprint density at radius 2 is 2.20 bits per heavy atom. The van der Waals surface area contributed by atoms with Gasteiger partial charge in [0.05, 0.1) is 17.3 Å². The first-order valence-corrected chi connectivity index (χ1v) is 7.15. The van der Waals surface area contributed by atoms with Crippen LogP contribution >= 0.6 is 11.6 Å². The minimum Gasteiger partial charge on any atom is -0.313 e. The number of aromatic nitrogens is 2. The van der Waals surface area contributed by atoms with Gasteiger partial charge in [0.2, 0.25) is 0 Å². The molecular weight excluding hydrogens is 277 g/mol. The number of nitrogens with zero attached hydrogens (tertiary/aromatic N) is 2. The van der Waals surface area contributed by atoms with Crippen molar-refractivity contribution in [3.63, 3.8) is 0 Å². The summed E-state index contributed by atoms with van der Waals surface area (Å²) in [4.78, 5) is 0. The van der Waals surface area contributed by atoms with Crippen LogP contribution in [0.25, 0.3) is 0 Å². The maximum atomic E-state index is 13.9. The van der Waals surface area contributed by atoms with Gasteiger partial charge in [-0.1, -0.05) is 24.6 Å². The van der Waals surface area contributed by atoms with E-state index >= 15 is 0 Å². The normalized spacial score (nSPS) is 11.0. The van der Waals surface area contributed by atoms with E-state index in [0.717, 1.165) is 30.8 Å². The fraction of sp³-hybridized carbons (Fsp3) is 0.400. The van der Waals surface area contributed by atoms with Crippen LogP contribution in [0.15, 0.2) is 24.4 Å². The van der Waals surface area contributed by atoms with Crippen molar-refractivity contribution in [2.45, 2.75) is 33.4 Å². The highest BCUT2D eigenvalue weighted by molar-refractivity contribution is 6.31. The second kappa shape index (κ2) is 6.86. The van der Waals surface area contributed by atoms with Crippen LogP contribution in [0.1, 0.15) is 30.2 Å². The molecule has 1 aromatic carbocycles. The van der Waals surface area contributed by atoms with E-state index in [1.165, 1.54) is 6.07 Å². The van der Waals surface area contributed by atoms with E-state index in [2.05, 4.69) is 17.3 Å². The SMILES string of the molecule is CCCNCc1ccc(F)c(Cn2cc(Cl)c(C)n2)c1. The van der Waals surface area contributed by atoms with Gasteiger partial charge in [-0.15, -0.1) is 0 Å². The van der Waals surface area contributed by atoms with Crippen LogP contribution in [0.4, 0.5) is 4.39 Å². The third kappa shape index (κ3) is 3.81. The average molecular weight is 296 g/mol. The lowest BCUT2D eigenvalue weighted by atomic mass is 10.1. The fourth-order valence-corrected chi connectivity index (χ4v) is 2.17. The van der Waals surface area contributed by atoms with E-state index in [0.29, 0.717) is 17.1 Å². The van der Waals surface area contributed by atoms with Crippen molar-refractivity contribution in [2.75, 3.05) is 6.54 Å². The van der Waals surface area contributed by atoms with Crippen molar-refractivity contribution < 1.29 is 4.39 Å². The Morgan fingerprint density at radius 1 is 1.40 bits per heavy atom. The second-order valence-corrected chi connectivity index (χ2v) is 5.27. The number of hydrogen-bond acceptors (Lipinski definition) is 2. The molecule has 108 valence electrons. The maximum Gasteiger partial charge on any atom is 0.128 e. The molecule has 0 aliphatic carbocycles. The average Bonchev–Trinajstić information content (AvgIpc) is 2.72. The number of nitrogens with one attached hydrogen (secondary N) is 1. The molecule has 0 radical (unpaired) electrons. The lowest BCUT2D eigenvalue weighted by Gasteiger charge is -2.08. The van der Waals surface area contributed by atoms with Gasteiger partial charge in [0.25, 0.3) is 0 Å². The molecule has 1 aromatic heterocycles. The number of rotatable bonds is 6. The molecule has 2 aromatic rings. The van der Waals surface area contributed by atoms with E-state index in [-0.39, 0.29) is 5.82 Å². The molecule has 0 bridgehead atoms. The summed E-state index contributed by atoms with van der Waals surface area (Å²) >= 11 is 5.96. The molecule has 0 aliphatic rings. The van der Waals surface area contributed by atoms with Gasteiger partial charge >= 0.3 is 0 Å². The lowest BCUT2D eigenvalue weighted by molar-refractivity contribution is 0.581. The highest BCUT2D eigenvalue weighted by atomic mass is 35.5. The van der Waals surface area contributed by atoms with Gasteiger partial charge in [-0.3, -0.25) is 4.68 Å². The monoisotopic (exact) mass is 295 g/mol. The molecule has 3 nitrogen and oxygen atoms in total. The summed E-state index contributed by atoms with van der Waals surface area (Å²) in [6.45, 7) is 6.05. The minimum atomic E-state index is -0.214. The fourth-order valence-electron chi connectivity index (χ4n) is 2.02. The summed E-state index contributed by atoms with van der Waals surface area (Å²) in [5, 5.41) is 8.17. The van der Waals surface area contributed by atoms with E-state index in [4.69, 9.17) is 11.6 Å². The van der Waals surface area contributed by atoms with Gasteiger partial charge < -0.3 is 5.32 Å². The number of halogens is 2. The van der Waals surface area contributed by atoms with Crippen LogP contribution in [0.5, 0.6) is 0 Å². The number of benzene rings is 1. The third-order valence-electron chi connectivity index (χ3n) is 3.08. The summed E-state index contributed by atoms with van der Waals surface area (Å²) in [6, 6.07) is 5.20. The molecular formula is C15H19ClFN3. The van der Waals surface area contributed by atoms with Crippen molar-refractivity contribution in [1.29, 1.82) is 0 Å². The summed E-state index contributed by atoms with van der Waals surface area (Å²) < 4.78 is 15.5. The zero-order valence-electron chi connectivity index (χ0n) is 11.8. The molecule has 0 unspecified atom stereocenters. The zero-order chi connectivity index (χ0) is 14.5. The Kier molecular flexibility index (Phi) is 5.15. The Labute approximate surface area is 123 Å². The van der Waals surface area contributed by atoms with Crippen LogP contribution < -0.4 is 5.32 Å². The van der Waals surface area contributed by atoms with Crippen LogP contribution in [0.2, 0.25) is 5.02 Å². The summed E-state index contributed by atoms with van der Waals surface area (Å²) in [7, 11) is 0. The molecule has 1 heterocycles. The molecule has 0 saturated heterocycles. The topological polar surface area (TPSA) is 29.9 Å². The van der Waals surface area contributed by atoms with Crippen LogP contribution in [-0.4, -0.2) is 16.3 Å². The summed E-state index contributed by atoms with van der Waals surface area (Å²) in [5.41, 5.74) is 2.46. The lowest BCUT2D eigenvalue weighted by Crippen LogP contribution is -2.14. The molecule has 2 rings (SSSR count). The Balaban J connectivity index is 2.11. The molecule has 1 N–H and O–H groups in total. The van der Waals surface area contributed by atoms with Gasteiger partial charge in [0.15, 0.2) is 0 Å². The van der Waals surface area contributed by atoms with Crippen molar-refractivity contribution >= 4 is 11.6 Å². The van der Waals surface area contributed by atoms with Crippen LogP contribution in [-0.2, 0) is 13.1 Å². The molecule has 20 heavy (non-hydrogen) atoms. The summed E-state index contributed by atoms with van der Waals surface area (Å²) in [5.74, 6) is -0.214. The van der Waals surface area contributed by atoms with E-state index in [1.54, 1.807) is 10.9 Å². The molecule has 0 saturated carbocycles. The predicted octanol–water partition coefficient (Wildman–Crippen LogP) is 3.53. The first-order chi connectivity index (χ1) is 9.60. The van der Waals surface area contributed by atoms with Gasteiger partial charge in [-0.05, 0) is 37.6 Å². The smallest absolute Gasteiger partial charge is 0.128 e. The van der Waals surface area contributed by atoms with Gasteiger partial charge in [0, 0.05) is 18.3 Å². The molecule has 0 amide bonds. The van der Waals surface area contributed by atoms with Crippen molar-refractivity contribution in [3.05, 3.63) is 52.1 Å². The molecule has 0 aliphatic heterocycles. The molecule has 0 fully saturated rings. The minimum absolute atomic E-state index is 0.214. The predicted molar refractivity (Wildman–Crippen MR) is 79.5 cm³/mol. The van der Waals surface area contributed by atoms with E-state index in [9.17, 15) is 4.39 Å². The van der Waals surface area contributed by atoms with Crippen LogP contribution in [0, 0.1) is 12.7 Å². The number of aryl methyl sites for hydroxylation is 1. The van der Waals surface area contributed by atoms with Crippen molar-refractivity contribution in [1.82, 2.24) is 15.1 Å². The summed E-state index contributed by atoms with van der Waals surface area (Å²) in [6.07, 6.45) is 2.80. The van der Waals surface area contributed by atoms with Gasteiger partial charge in [-0.2, -0.15) is 5.10 Å². The largest absolute Gasteiger partial charge is 0.313 e. The zero-order valence-corrected chi connectivity index (χ0v) is 12.5. The molecule has 5 heteroatoms. The molecule has 0 atom stereocenters. The highest BCUT2D eigenvalue weighted by Crippen LogP contribution is 2.16. The van der Waals surface area contributed by atoms with Gasteiger partial charge in [-0.25, -0.2) is 4.39 Å².